The summed E-state index contributed by atoms with van der Waals surface area (Å²) in [6.45, 7) is 5.98. The first kappa shape index (κ1) is 13.7. The third-order valence-electron chi connectivity index (χ3n) is 4.19. The molecule has 1 aliphatic carbocycles. The zero-order valence-electron chi connectivity index (χ0n) is 12.6. The van der Waals surface area contributed by atoms with E-state index in [0.717, 1.165) is 17.2 Å². The zero-order valence-corrected chi connectivity index (χ0v) is 12.6. The number of fused-ring (bicyclic) bond motifs is 3. The molecule has 0 heterocycles. The smallest absolute Gasteiger partial charge is 0.190 e. The van der Waals surface area contributed by atoms with E-state index in [1.165, 1.54) is 11.6 Å². The summed E-state index contributed by atoms with van der Waals surface area (Å²) in [5, 5.41) is 1.96. The molecule has 3 rings (SSSR count). The number of carbonyl (C=O) groups excluding carboxylic acids is 2. The van der Waals surface area contributed by atoms with Gasteiger partial charge in [-0.25, -0.2) is 0 Å². The number of hydrogen-bond acceptors (Lipinski definition) is 2. The molecular formula is C19H18O2. The highest BCUT2D eigenvalue weighted by molar-refractivity contribution is 6.29. The summed E-state index contributed by atoms with van der Waals surface area (Å²) < 4.78 is 0. The maximum atomic E-state index is 12.6. The molecule has 0 aliphatic heterocycles. The van der Waals surface area contributed by atoms with Crippen molar-refractivity contribution in [3.05, 3.63) is 58.7 Å². The van der Waals surface area contributed by atoms with E-state index in [9.17, 15) is 9.59 Å². The van der Waals surface area contributed by atoms with E-state index in [0.29, 0.717) is 16.7 Å². The summed E-state index contributed by atoms with van der Waals surface area (Å²) in [6, 6.07) is 9.75. The number of Topliss-reactive ketones (excluding diaryl/α,β-unsaturated/α-hetero) is 1. The third-order valence-corrected chi connectivity index (χ3v) is 4.19. The summed E-state index contributed by atoms with van der Waals surface area (Å²) in [7, 11) is 0. The lowest BCUT2D eigenvalue weighted by Gasteiger charge is -2.19. The maximum Gasteiger partial charge on any atom is 0.190 e. The van der Waals surface area contributed by atoms with E-state index < -0.39 is 0 Å². The molecule has 2 aromatic rings. The number of rotatable bonds is 2. The summed E-state index contributed by atoms with van der Waals surface area (Å²) >= 11 is 0. The lowest BCUT2D eigenvalue weighted by Crippen LogP contribution is -2.20. The minimum atomic E-state index is -0.0489. The molecular weight excluding hydrogens is 260 g/mol. The number of hydrogen-bond donors (Lipinski definition) is 0. The van der Waals surface area contributed by atoms with Crippen LogP contribution in [-0.4, -0.2) is 11.6 Å². The number of ketones is 2. The Morgan fingerprint density at radius 2 is 1.76 bits per heavy atom. The summed E-state index contributed by atoms with van der Waals surface area (Å²) in [5.41, 5.74) is 2.93. The van der Waals surface area contributed by atoms with E-state index in [1.54, 1.807) is 0 Å². The van der Waals surface area contributed by atoms with E-state index >= 15 is 0 Å². The van der Waals surface area contributed by atoms with Gasteiger partial charge in [-0.2, -0.15) is 0 Å². The number of carbonyl (C=O) groups is 2. The molecule has 1 aliphatic rings. The Morgan fingerprint density at radius 1 is 1.00 bits per heavy atom. The van der Waals surface area contributed by atoms with Crippen molar-refractivity contribution in [3.63, 3.8) is 0 Å². The van der Waals surface area contributed by atoms with Crippen LogP contribution in [0.4, 0.5) is 0 Å². The van der Waals surface area contributed by atoms with Crippen LogP contribution in [0.5, 0.6) is 0 Å². The fraction of sp³-hybridized carbons (Fsp3) is 0.263. The molecule has 2 heteroatoms. The van der Waals surface area contributed by atoms with E-state index in [1.807, 2.05) is 38.1 Å². The Labute approximate surface area is 124 Å². The first-order valence-electron chi connectivity index (χ1n) is 7.39. The second-order valence-electron chi connectivity index (χ2n) is 5.80. The van der Waals surface area contributed by atoms with Crippen LogP contribution in [0.1, 0.15) is 47.1 Å². The molecule has 0 spiro atoms. The van der Waals surface area contributed by atoms with E-state index in [2.05, 4.69) is 13.0 Å². The molecule has 0 unspecified atom stereocenters. The topological polar surface area (TPSA) is 34.1 Å². The zero-order chi connectivity index (χ0) is 15.1. The first-order valence-corrected chi connectivity index (χ1v) is 7.39. The van der Waals surface area contributed by atoms with E-state index in [4.69, 9.17) is 0 Å². The van der Waals surface area contributed by atoms with Gasteiger partial charge in [-0.1, -0.05) is 45.0 Å². The van der Waals surface area contributed by atoms with Crippen LogP contribution in [0.25, 0.3) is 10.8 Å². The van der Waals surface area contributed by atoms with Crippen LogP contribution in [0.3, 0.4) is 0 Å². The highest BCUT2D eigenvalue weighted by Crippen LogP contribution is 2.32. The normalized spacial score (nSPS) is 14.6. The third kappa shape index (κ3) is 2.02. The predicted octanol–water partition coefficient (Wildman–Crippen LogP) is 4.36. The molecule has 2 nitrogen and oxygen atoms in total. The summed E-state index contributed by atoms with van der Waals surface area (Å²) in [6.07, 6.45) is 2.43. The largest absolute Gasteiger partial charge is 0.289 e. The summed E-state index contributed by atoms with van der Waals surface area (Å²) in [4.78, 5) is 25.1. The second kappa shape index (κ2) is 4.96. The van der Waals surface area contributed by atoms with Gasteiger partial charge >= 0.3 is 0 Å². The van der Waals surface area contributed by atoms with Gasteiger partial charge in [0.05, 0.1) is 0 Å². The Hall–Kier alpha value is -2.22. The number of aryl methyl sites for hydroxylation is 1. The fourth-order valence-electron chi connectivity index (χ4n) is 3.05. The highest BCUT2D eigenvalue weighted by atomic mass is 16.1. The van der Waals surface area contributed by atoms with E-state index in [-0.39, 0.29) is 17.5 Å². The molecule has 21 heavy (non-hydrogen) atoms. The van der Waals surface area contributed by atoms with Gasteiger partial charge in [-0.3, -0.25) is 9.59 Å². The molecule has 0 fully saturated rings. The molecule has 0 amide bonds. The van der Waals surface area contributed by atoms with Crippen LogP contribution < -0.4 is 0 Å². The molecule has 106 valence electrons. The van der Waals surface area contributed by atoms with Crippen molar-refractivity contribution in [2.24, 2.45) is 5.92 Å². The van der Waals surface area contributed by atoms with Crippen molar-refractivity contribution in [2.45, 2.75) is 27.2 Å². The minimum absolute atomic E-state index is 0.0107. The lowest BCUT2D eigenvalue weighted by molar-refractivity contribution is 0.0978. The molecule has 2 aromatic carbocycles. The van der Waals surface area contributed by atoms with Crippen molar-refractivity contribution in [3.8, 4) is 0 Å². The molecule has 0 saturated carbocycles. The molecule has 0 bridgehead atoms. The van der Waals surface area contributed by atoms with Crippen LogP contribution in [0.2, 0.25) is 0 Å². The SMILES string of the molecule is CCc1cccc2c3c(ccc12)C(=O)C(C(C)C)=CC3=O. The fourth-order valence-corrected chi connectivity index (χ4v) is 3.05. The van der Waals surface area contributed by atoms with Gasteiger partial charge in [0.25, 0.3) is 0 Å². The van der Waals surface area contributed by atoms with Gasteiger partial charge in [0.1, 0.15) is 0 Å². The van der Waals surface area contributed by atoms with Gasteiger partial charge in [0.15, 0.2) is 11.6 Å². The average Bonchev–Trinajstić information content (AvgIpc) is 2.48. The number of allylic oxidation sites excluding steroid dienone is 2. The van der Waals surface area contributed by atoms with Crippen molar-refractivity contribution >= 4 is 22.3 Å². The monoisotopic (exact) mass is 278 g/mol. The molecule has 0 radical (unpaired) electrons. The van der Waals surface area contributed by atoms with Crippen molar-refractivity contribution in [1.29, 1.82) is 0 Å². The molecule has 0 aromatic heterocycles. The van der Waals surface area contributed by atoms with Gasteiger partial charge < -0.3 is 0 Å². The Bertz CT molecular complexity index is 795. The van der Waals surface area contributed by atoms with Crippen LogP contribution in [-0.2, 0) is 6.42 Å². The van der Waals surface area contributed by atoms with Gasteiger partial charge in [0.2, 0.25) is 0 Å². The standard InChI is InChI=1S/C19H18O2/c1-4-12-6-5-7-14-13(12)8-9-15-18(14)17(20)10-16(11(2)3)19(15)21/h5-11H,4H2,1-3H3. The van der Waals surface area contributed by atoms with Crippen molar-refractivity contribution in [2.75, 3.05) is 0 Å². The lowest BCUT2D eigenvalue weighted by atomic mass is 9.82. The second-order valence-corrected chi connectivity index (χ2v) is 5.80. The van der Waals surface area contributed by atoms with Crippen LogP contribution in [0.15, 0.2) is 42.0 Å². The number of benzene rings is 2. The van der Waals surface area contributed by atoms with Gasteiger partial charge in [0, 0.05) is 16.7 Å². The Morgan fingerprint density at radius 3 is 2.43 bits per heavy atom. The van der Waals surface area contributed by atoms with Gasteiger partial charge in [-0.05, 0) is 40.8 Å². The molecule has 0 atom stereocenters. The Balaban J connectivity index is 2.33. The quantitative estimate of drug-likeness (QED) is 0.817. The minimum Gasteiger partial charge on any atom is -0.289 e. The summed E-state index contributed by atoms with van der Waals surface area (Å²) in [5.74, 6) is 0.00262. The maximum absolute atomic E-state index is 12.6. The van der Waals surface area contributed by atoms with Gasteiger partial charge in [-0.15, -0.1) is 0 Å². The van der Waals surface area contributed by atoms with Crippen LogP contribution in [0, 0.1) is 5.92 Å². The van der Waals surface area contributed by atoms with Crippen molar-refractivity contribution in [1.82, 2.24) is 0 Å². The Kier molecular flexibility index (Phi) is 3.25. The average molecular weight is 278 g/mol. The first-order chi connectivity index (χ1) is 10.0. The molecule has 0 N–H and O–H groups in total. The van der Waals surface area contributed by atoms with Crippen LogP contribution >= 0.6 is 0 Å². The van der Waals surface area contributed by atoms with Crippen molar-refractivity contribution < 1.29 is 9.59 Å². The molecule has 0 saturated heterocycles. The highest BCUT2D eigenvalue weighted by Gasteiger charge is 2.28. The predicted molar refractivity (Wildman–Crippen MR) is 84.9 cm³/mol.